The molecule has 5 nitrogen and oxygen atoms in total. The van der Waals surface area contributed by atoms with Gasteiger partial charge in [-0.05, 0) is 36.8 Å². The smallest absolute Gasteiger partial charge is 0.381 e. The fourth-order valence-corrected chi connectivity index (χ4v) is 2.85. The Kier molecular flexibility index (Phi) is 5.86. The zero-order valence-corrected chi connectivity index (χ0v) is 14.9. The van der Waals surface area contributed by atoms with Crippen LogP contribution in [-0.2, 0) is 22.3 Å². The molecule has 2 heterocycles. The van der Waals surface area contributed by atoms with Crippen molar-refractivity contribution in [2.45, 2.75) is 19.1 Å². The number of rotatable bonds is 5. The number of nitrogens with one attached hydrogen (secondary N) is 2. The maximum Gasteiger partial charge on any atom is 0.418 e. The van der Waals surface area contributed by atoms with Crippen LogP contribution in [0.5, 0.6) is 0 Å². The van der Waals surface area contributed by atoms with Gasteiger partial charge >= 0.3 is 6.18 Å². The summed E-state index contributed by atoms with van der Waals surface area (Å²) in [4.78, 5) is 16.1. The highest BCUT2D eigenvalue weighted by Crippen LogP contribution is 2.37. The van der Waals surface area contributed by atoms with Crippen molar-refractivity contribution in [3.63, 3.8) is 0 Å². The van der Waals surface area contributed by atoms with E-state index in [2.05, 4.69) is 15.6 Å². The van der Waals surface area contributed by atoms with E-state index in [1.807, 2.05) is 0 Å². The van der Waals surface area contributed by atoms with Gasteiger partial charge in [-0.25, -0.2) is 0 Å². The van der Waals surface area contributed by atoms with E-state index < -0.39 is 11.7 Å². The van der Waals surface area contributed by atoms with Crippen molar-refractivity contribution in [2.24, 2.45) is 5.92 Å². The third-order valence-corrected chi connectivity index (χ3v) is 4.37. The lowest BCUT2D eigenvalue weighted by Gasteiger charge is -2.15. The molecule has 9 heteroatoms. The van der Waals surface area contributed by atoms with Gasteiger partial charge in [0.25, 0.3) is 0 Å². The summed E-state index contributed by atoms with van der Waals surface area (Å²) in [6.45, 7) is 1.25. The van der Waals surface area contributed by atoms with E-state index in [0.29, 0.717) is 31.0 Å². The average molecular weight is 400 g/mol. The van der Waals surface area contributed by atoms with Gasteiger partial charge in [0.1, 0.15) is 0 Å². The third kappa shape index (κ3) is 5.11. The van der Waals surface area contributed by atoms with Gasteiger partial charge in [-0.3, -0.25) is 9.78 Å². The van der Waals surface area contributed by atoms with Crippen LogP contribution in [0.2, 0.25) is 5.02 Å². The lowest BCUT2D eigenvalue weighted by Crippen LogP contribution is -2.30. The van der Waals surface area contributed by atoms with Gasteiger partial charge in [-0.1, -0.05) is 11.6 Å². The predicted molar refractivity (Wildman–Crippen MR) is 94.7 cm³/mol. The topological polar surface area (TPSA) is 63.2 Å². The number of carbonyl (C=O) groups is 1. The summed E-state index contributed by atoms with van der Waals surface area (Å²) >= 11 is 5.67. The van der Waals surface area contributed by atoms with Crippen molar-refractivity contribution in [1.82, 2.24) is 10.3 Å². The zero-order valence-electron chi connectivity index (χ0n) is 14.1. The molecule has 1 aromatic heterocycles. The molecule has 1 saturated heterocycles. The fourth-order valence-electron chi connectivity index (χ4n) is 2.68. The van der Waals surface area contributed by atoms with Crippen molar-refractivity contribution < 1.29 is 22.7 Å². The molecular weight excluding hydrogens is 383 g/mol. The highest BCUT2D eigenvalue weighted by atomic mass is 35.5. The molecule has 27 heavy (non-hydrogen) atoms. The number of benzene rings is 1. The van der Waals surface area contributed by atoms with Gasteiger partial charge in [0.2, 0.25) is 5.91 Å². The largest absolute Gasteiger partial charge is 0.418 e. The van der Waals surface area contributed by atoms with Crippen LogP contribution in [0, 0.1) is 5.92 Å². The number of alkyl halides is 3. The van der Waals surface area contributed by atoms with Crippen LogP contribution >= 0.6 is 11.6 Å². The van der Waals surface area contributed by atoms with Crippen LogP contribution in [0.25, 0.3) is 0 Å². The number of amides is 1. The number of hydrogen-bond acceptors (Lipinski definition) is 4. The van der Waals surface area contributed by atoms with Crippen LogP contribution in [0.15, 0.2) is 36.5 Å². The van der Waals surface area contributed by atoms with Crippen molar-refractivity contribution >= 4 is 28.9 Å². The number of halogens is 4. The minimum atomic E-state index is -4.53. The van der Waals surface area contributed by atoms with Gasteiger partial charge < -0.3 is 15.4 Å². The van der Waals surface area contributed by atoms with Gasteiger partial charge in [-0.15, -0.1) is 0 Å². The standard InChI is InChI=1S/C18H17ClF3N3O2/c19-12-1-4-16(15(7-12)18(20,21)22)25-14-3-2-13(23-9-14)8-24-17(26)11-5-6-27-10-11/h1-4,7,9,11,25H,5-6,8,10H2,(H,24,26)/t11-/m1/s1. The van der Waals surface area contributed by atoms with Crippen LogP contribution in [0.4, 0.5) is 24.5 Å². The van der Waals surface area contributed by atoms with Crippen molar-refractivity contribution in [3.05, 3.63) is 52.8 Å². The second-order valence-electron chi connectivity index (χ2n) is 6.13. The molecule has 3 rings (SSSR count). The number of ether oxygens (including phenoxy) is 1. The molecule has 1 aliphatic heterocycles. The summed E-state index contributed by atoms with van der Waals surface area (Å²) in [6, 6.07) is 6.75. The first-order chi connectivity index (χ1) is 12.8. The molecule has 0 aliphatic carbocycles. The lowest BCUT2D eigenvalue weighted by atomic mass is 10.1. The molecule has 0 radical (unpaired) electrons. The molecule has 1 aromatic carbocycles. The molecule has 0 spiro atoms. The van der Waals surface area contributed by atoms with Crippen molar-refractivity contribution in [2.75, 3.05) is 18.5 Å². The van der Waals surface area contributed by atoms with E-state index >= 15 is 0 Å². The third-order valence-electron chi connectivity index (χ3n) is 4.13. The Morgan fingerprint density at radius 2 is 2.11 bits per heavy atom. The first kappa shape index (κ1) is 19.4. The minimum absolute atomic E-state index is 0.00440. The number of carbonyl (C=O) groups excluding carboxylic acids is 1. The number of aromatic nitrogens is 1. The van der Waals surface area contributed by atoms with E-state index in [9.17, 15) is 18.0 Å². The second kappa shape index (κ2) is 8.14. The highest BCUT2D eigenvalue weighted by Gasteiger charge is 2.33. The SMILES string of the molecule is O=C(NCc1ccc(Nc2ccc(Cl)cc2C(F)(F)F)cn1)[C@@H]1CCOC1. The summed E-state index contributed by atoms with van der Waals surface area (Å²) < 4.78 is 44.6. The van der Waals surface area contributed by atoms with Gasteiger partial charge in [-0.2, -0.15) is 13.2 Å². The van der Waals surface area contributed by atoms with E-state index in [-0.39, 0.29) is 29.1 Å². The van der Waals surface area contributed by atoms with Crippen LogP contribution < -0.4 is 10.6 Å². The molecule has 0 unspecified atom stereocenters. The zero-order chi connectivity index (χ0) is 19.4. The lowest BCUT2D eigenvalue weighted by molar-refractivity contribution is -0.137. The summed E-state index contributed by atoms with van der Waals surface area (Å²) in [5.74, 6) is -0.232. The first-order valence-corrected chi connectivity index (χ1v) is 8.65. The molecule has 1 fully saturated rings. The van der Waals surface area contributed by atoms with Crippen LogP contribution in [0.3, 0.4) is 0 Å². The molecule has 0 saturated carbocycles. The summed E-state index contributed by atoms with van der Waals surface area (Å²) in [5.41, 5.74) is 0.0168. The van der Waals surface area contributed by atoms with Crippen molar-refractivity contribution in [3.8, 4) is 0 Å². The number of nitrogens with zero attached hydrogens (tertiary/aromatic N) is 1. The quantitative estimate of drug-likeness (QED) is 0.792. The Bertz CT molecular complexity index is 806. The maximum absolute atomic E-state index is 13.1. The molecule has 1 aliphatic rings. The Morgan fingerprint density at radius 1 is 1.30 bits per heavy atom. The van der Waals surface area contributed by atoms with E-state index in [1.54, 1.807) is 12.1 Å². The molecular formula is C18H17ClF3N3O2. The Labute approximate surface area is 158 Å². The molecule has 1 amide bonds. The Balaban J connectivity index is 1.63. The average Bonchev–Trinajstić information content (AvgIpc) is 3.16. The van der Waals surface area contributed by atoms with Crippen LogP contribution in [-0.4, -0.2) is 24.1 Å². The summed E-state index contributed by atoms with van der Waals surface area (Å²) in [5, 5.41) is 5.48. The first-order valence-electron chi connectivity index (χ1n) is 8.27. The maximum atomic E-state index is 13.1. The highest BCUT2D eigenvalue weighted by molar-refractivity contribution is 6.30. The molecule has 0 bridgehead atoms. The summed E-state index contributed by atoms with van der Waals surface area (Å²) in [6.07, 6.45) is -2.42. The van der Waals surface area contributed by atoms with Crippen molar-refractivity contribution in [1.29, 1.82) is 0 Å². The Morgan fingerprint density at radius 3 is 2.74 bits per heavy atom. The van der Waals surface area contributed by atoms with E-state index in [0.717, 1.165) is 6.07 Å². The predicted octanol–water partition coefficient (Wildman–Crippen LogP) is 4.15. The van der Waals surface area contributed by atoms with E-state index in [1.165, 1.54) is 18.3 Å². The normalized spacial score (nSPS) is 17.0. The molecule has 1 atom stereocenters. The van der Waals surface area contributed by atoms with Gasteiger partial charge in [0.05, 0.1) is 47.9 Å². The van der Waals surface area contributed by atoms with E-state index in [4.69, 9.17) is 16.3 Å². The number of anilines is 2. The molecule has 144 valence electrons. The number of pyridine rings is 1. The number of hydrogen-bond donors (Lipinski definition) is 2. The monoisotopic (exact) mass is 399 g/mol. The van der Waals surface area contributed by atoms with Crippen LogP contribution in [0.1, 0.15) is 17.7 Å². The summed E-state index contributed by atoms with van der Waals surface area (Å²) in [7, 11) is 0. The fraction of sp³-hybridized carbons (Fsp3) is 0.333. The van der Waals surface area contributed by atoms with Gasteiger partial charge in [0, 0.05) is 11.6 Å². The molecule has 2 N–H and O–H groups in total. The Hall–Kier alpha value is -2.32. The second-order valence-corrected chi connectivity index (χ2v) is 6.57. The molecule has 2 aromatic rings. The minimum Gasteiger partial charge on any atom is -0.381 e. The van der Waals surface area contributed by atoms with Gasteiger partial charge in [0.15, 0.2) is 0 Å².